The first-order valence-electron chi connectivity index (χ1n) is 10.8. The van der Waals surface area contributed by atoms with E-state index in [0.29, 0.717) is 22.7 Å². The SMILES string of the molecule is O=C(CN(Cc1ccccc1)S(=O)(=O)c1ccc(F)cc1)Nc1ccc(Oc2ccccc2)cc1. The molecule has 4 aromatic rings. The van der Waals surface area contributed by atoms with E-state index >= 15 is 0 Å². The molecule has 0 aliphatic rings. The van der Waals surface area contributed by atoms with Gasteiger partial charge in [-0.05, 0) is 66.2 Å². The molecule has 0 unspecified atom stereocenters. The first kappa shape index (κ1) is 24.1. The Morgan fingerprint density at radius 1 is 0.771 bits per heavy atom. The van der Waals surface area contributed by atoms with E-state index in [0.717, 1.165) is 16.4 Å². The van der Waals surface area contributed by atoms with Crippen molar-refractivity contribution in [3.63, 3.8) is 0 Å². The van der Waals surface area contributed by atoms with E-state index < -0.39 is 28.3 Å². The van der Waals surface area contributed by atoms with Crippen molar-refractivity contribution < 1.29 is 22.3 Å². The lowest BCUT2D eigenvalue weighted by molar-refractivity contribution is -0.116. The number of carbonyl (C=O) groups excluding carboxylic acids is 1. The van der Waals surface area contributed by atoms with E-state index in [1.807, 2.05) is 36.4 Å². The Hall–Kier alpha value is -4.01. The van der Waals surface area contributed by atoms with Gasteiger partial charge in [-0.25, -0.2) is 12.8 Å². The highest BCUT2D eigenvalue weighted by molar-refractivity contribution is 7.89. The molecule has 0 fully saturated rings. The quantitative estimate of drug-likeness (QED) is 0.339. The van der Waals surface area contributed by atoms with Gasteiger partial charge >= 0.3 is 0 Å². The van der Waals surface area contributed by atoms with Crippen LogP contribution in [0.2, 0.25) is 0 Å². The van der Waals surface area contributed by atoms with E-state index in [2.05, 4.69) is 5.32 Å². The lowest BCUT2D eigenvalue weighted by atomic mass is 10.2. The molecule has 0 radical (unpaired) electrons. The molecule has 1 N–H and O–H groups in total. The van der Waals surface area contributed by atoms with E-state index in [1.165, 1.54) is 12.1 Å². The zero-order valence-electron chi connectivity index (χ0n) is 18.7. The molecule has 6 nitrogen and oxygen atoms in total. The summed E-state index contributed by atoms with van der Waals surface area (Å²) in [4.78, 5) is 12.7. The van der Waals surface area contributed by atoms with Crippen LogP contribution in [0.25, 0.3) is 0 Å². The number of benzene rings is 4. The molecule has 8 heteroatoms. The lowest BCUT2D eigenvalue weighted by Gasteiger charge is -2.22. The molecule has 0 bridgehead atoms. The van der Waals surface area contributed by atoms with Gasteiger partial charge in [0.05, 0.1) is 11.4 Å². The van der Waals surface area contributed by atoms with Crippen molar-refractivity contribution in [1.29, 1.82) is 0 Å². The topological polar surface area (TPSA) is 75.7 Å². The summed E-state index contributed by atoms with van der Waals surface area (Å²) in [6, 6.07) is 29.5. The normalized spacial score (nSPS) is 11.3. The van der Waals surface area contributed by atoms with Gasteiger partial charge in [-0.1, -0.05) is 48.5 Å². The molecule has 0 spiro atoms. The highest BCUT2D eigenvalue weighted by atomic mass is 32.2. The fraction of sp³-hybridized carbons (Fsp3) is 0.0741. The fourth-order valence-electron chi connectivity index (χ4n) is 3.36. The number of amides is 1. The van der Waals surface area contributed by atoms with Gasteiger partial charge in [-0.15, -0.1) is 0 Å². The Balaban J connectivity index is 1.48. The number of anilines is 1. The van der Waals surface area contributed by atoms with Crippen molar-refractivity contribution in [2.45, 2.75) is 11.4 Å². The first-order chi connectivity index (χ1) is 16.9. The number of ether oxygens (including phenoxy) is 1. The lowest BCUT2D eigenvalue weighted by Crippen LogP contribution is -2.37. The Morgan fingerprint density at radius 2 is 1.34 bits per heavy atom. The number of carbonyl (C=O) groups is 1. The van der Waals surface area contributed by atoms with Crippen LogP contribution >= 0.6 is 0 Å². The third kappa shape index (κ3) is 6.53. The number of nitrogens with zero attached hydrogens (tertiary/aromatic N) is 1. The third-order valence-electron chi connectivity index (χ3n) is 5.09. The van der Waals surface area contributed by atoms with Gasteiger partial charge in [0.25, 0.3) is 0 Å². The molecular weight excluding hydrogens is 467 g/mol. The molecule has 0 aliphatic carbocycles. The number of hydrogen-bond donors (Lipinski definition) is 1. The van der Waals surface area contributed by atoms with Gasteiger partial charge in [-0.3, -0.25) is 4.79 Å². The molecule has 35 heavy (non-hydrogen) atoms. The van der Waals surface area contributed by atoms with Crippen LogP contribution in [0.3, 0.4) is 0 Å². The number of halogens is 1. The van der Waals surface area contributed by atoms with E-state index in [4.69, 9.17) is 4.74 Å². The number of nitrogens with one attached hydrogen (secondary N) is 1. The van der Waals surface area contributed by atoms with E-state index in [1.54, 1.807) is 48.5 Å². The summed E-state index contributed by atoms with van der Waals surface area (Å²) >= 11 is 0. The monoisotopic (exact) mass is 490 g/mol. The summed E-state index contributed by atoms with van der Waals surface area (Å²) in [6.07, 6.45) is 0. The third-order valence-corrected chi connectivity index (χ3v) is 6.90. The van der Waals surface area contributed by atoms with Crippen LogP contribution in [0, 0.1) is 5.82 Å². The average Bonchev–Trinajstić information content (AvgIpc) is 2.86. The van der Waals surface area contributed by atoms with Crippen LogP contribution in [0.4, 0.5) is 10.1 Å². The van der Waals surface area contributed by atoms with Crippen molar-refractivity contribution in [1.82, 2.24) is 4.31 Å². The molecule has 0 aromatic heterocycles. The Kier molecular flexibility index (Phi) is 7.54. The van der Waals surface area contributed by atoms with Crippen LogP contribution in [0.15, 0.2) is 114 Å². The van der Waals surface area contributed by atoms with Crippen LogP contribution in [-0.4, -0.2) is 25.2 Å². The second kappa shape index (κ2) is 10.9. The molecule has 0 saturated carbocycles. The number of para-hydroxylation sites is 1. The summed E-state index contributed by atoms with van der Waals surface area (Å²) in [7, 11) is -4.06. The van der Waals surface area contributed by atoms with E-state index in [9.17, 15) is 17.6 Å². The molecular formula is C27H23FN2O4S. The molecule has 4 aromatic carbocycles. The minimum Gasteiger partial charge on any atom is -0.457 e. The van der Waals surface area contributed by atoms with Gasteiger partial charge in [-0.2, -0.15) is 4.31 Å². The summed E-state index contributed by atoms with van der Waals surface area (Å²) in [6.45, 7) is -0.436. The first-order valence-corrected chi connectivity index (χ1v) is 12.3. The second-order valence-corrected chi connectivity index (χ2v) is 9.64. The van der Waals surface area contributed by atoms with Crippen molar-refractivity contribution in [2.24, 2.45) is 0 Å². The zero-order valence-corrected chi connectivity index (χ0v) is 19.5. The molecule has 1 amide bonds. The standard InChI is InChI=1S/C27H23FN2O4S/c28-22-11-17-26(18-12-22)35(32,33)30(19-21-7-3-1-4-8-21)20-27(31)29-23-13-15-25(16-14-23)34-24-9-5-2-6-10-24/h1-18H,19-20H2,(H,29,31). The maximum atomic E-state index is 13.3. The molecule has 0 heterocycles. The maximum Gasteiger partial charge on any atom is 0.243 e. The van der Waals surface area contributed by atoms with Crippen LogP contribution in [0.5, 0.6) is 11.5 Å². The van der Waals surface area contributed by atoms with Crippen LogP contribution < -0.4 is 10.1 Å². The van der Waals surface area contributed by atoms with Gasteiger partial charge < -0.3 is 10.1 Å². The number of sulfonamides is 1. The Bertz CT molecular complexity index is 1360. The second-order valence-electron chi connectivity index (χ2n) is 7.70. The molecule has 178 valence electrons. The number of hydrogen-bond acceptors (Lipinski definition) is 4. The van der Waals surface area contributed by atoms with Crippen LogP contribution in [0.1, 0.15) is 5.56 Å². The smallest absolute Gasteiger partial charge is 0.243 e. The average molecular weight is 491 g/mol. The van der Waals surface area contributed by atoms with Crippen molar-refractivity contribution in [3.8, 4) is 11.5 Å². The van der Waals surface area contributed by atoms with Gasteiger partial charge in [0.2, 0.25) is 15.9 Å². The van der Waals surface area contributed by atoms with Gasteiger partial charge in [0.15, 0.2) is 0 Å². The Labute approximate surface area is 203 Å². The Morgan fingerprint density at radius 3 is 1.97 bits per heavy atom. The minimum atomic E-state index is -4.06. The maximum absolute atomic E-state index is 13.3. The minimum absolute atomic E-state index is 0.0160. The van der Waals surface area contributed by atoms with E-state index in [-0.39, 0.29) is 11.4 Å². The molecule has 0 atom stereocenters. The largest absolute Gasteiger partial charge is 0.457 e. The predicted molar refractivity (Wildman–Crippen MR) is 132 cm³/mol. The summed E-state index contributed by atoms with van der Waals surface area (Å²) in [5.74, 6) is 0.227. The molecule has 0 aliphatic heterocycles. The van der Waals surface area contributed by atoms with Gasteiger partial charge in [0.1, 0.15) is 17.3 Å². The highest BCUT2D eigenvalue weighted by Crippen LogP contribution is 2.23. The highest BCUT2D eigenvalue weighted by Gasteiger charge is 2.27. The number of rotatable bonds is 9. The van der Waals surface area contributed by atoms with Crippen molar-refractivity contribution in [2.75, 3.05) is 11.9 Å². The fourth-order valence-corrected chi connectivity index (χ4v) is 4.74. The predicted octanol–water partition coefficient (Wildman–Crippen LogP) is 5.45. The molecule has 4 rings (SSSR count). The van der Waals surface area contributed by atoms with Crippen LogP contribution in [-0.2, 0) is 21.4 Å². The van der Waals surface area contributed by atoms with Crippen molar-refractivity contribution >= 4 is 21.6 Å². The zero-order chi connectivity index (χ0) is 24.7. The van der Waals surface area contributed by atoms with Gasteiger partial charge in [0, 0.05) is 12.2 Å². The summed E-state index contributed by atoms with van der Waals surface area (Å²) in [5.41, 5.74) is 1.21. The summed E-state index contributed by atoms with van der Waals surface area (Å²) < 4.78 is 46.7. The van der Waals surface area contributed by atoms with Crippen molar-refractivity contribution in [3.05, 3.63) is 121 Å². The molecule has 0 saturated heterocycles. The summed E-state index contributed by atoms with van der Waals surface area (Å²) in [5, 5.41) is 2.72.